The van der Waals surface area contributed by atoms with Gasteiger partial charge in [-0.15, -0.1) is 0 Å². The molecular weight excluding hydrogens is 200 g/mol. The lowest BCUT2D eigenvalue weighted by molar-refractivity contribution is 0.593. The van der Waals surface area contributed by atoms with Crippen LogP contribution in [0, 0.1) is 6.92 Å². The average Bonchev–Trinajstić information content (AvgIpc) is 2.79. The van der Waals surface area contributed by atoms with Gasteiger partial charge in [0.05, 0.1) is 0 Å². The molecule has 1 heterocycles. The maximum atomic E-state index is 5.68. The van der Waals surface area contributed by atoms with Crippen molar-refractivity contribution in [1.29, 1.82) is 0 Å². The van der Waals surface area contributed by atoms with Gasteiger partial charge in [-0.2, -0.15) is 0 Å². The lowest BCUT2D eigenvalue weighted by Gasteiger charge is -2.28. The molecule has 0 unspecified atom stereocenters. The molecule has 2 rings (SSSR count). The first-order valence-electron chi connectivity index (χ1n) is 6.07. The molecular formula is C12H20N4. The van der Waals surface area contributed by atoms with Crippen LogP contribution in [0.5, 0.6) is 0 Å². The predicted molar refractivity (Wildman–Crippen MR) is 65.4 cm³/mol. The Bertz CT molecular complexity index is 334. The second-order valence-electron chi connectivity index (χ2n) is 4.42. The standard InChI is InChI=1S/C12H20N4/c1-10-6-8-14-12(15-10)16(9-7-13)11-4-2-3-5-11/h6,8,11H,2-5,7,9,13H2,1H3. The van der Waals surface area contributed by atoms with Crippen LogP contribution in [0.2, 0.25) is 0 Å². The fourth-order valence-corrected chi connectivity index (χ4v) is 2.37. The zero-order valence-corrected chi connectivity index (χ0v) is 9.89. The van der Waals surface area contributed by atoms with E-state index in [9.17, 15) is 0 Å². The average molecular weight is 220 g/mol. The summed E-state index contributed by atoms with van der Waals surface area (Å²) in [6.07, 6.45) is 6.96. The summed E-state index contributed by atoms with van der Waals surface area (Å²) in [6, 6.07) is 2.52. The number of aryl methyl sites for hydroxylation is 1. The van der Waals surface area contributed by atoms with Gasteiger partial charge < -0.3 is 10.6 Å². The lowest BCUT2D eigenvalue weighted by atomic mass is 10.2. The maximum absolute atomic E-state index is 5.68. The van der Waals surface area contributed by atoms with Crippen LogP contribution in [0.25, 0.3) is 0 Å². The van der Waals surface area contributed by atoms with Gasteiger partial charge in [0, 0.05) is 31.0 Å². The number of nitrogens with two attached hydrogens (primary N) is 1. The zero-order valence-electron chi connectivity index (χ0n) is 9.89. The Kier molecular flexibility index (Phi) is 3.72. The third-order valence-electron chi connectivity index (χ3n) is 3.17. The highest BCUT2D eigenvalue weighted by Gasteiger charge is 2.23. The summed E-state index contributed by atoms with van der Waals surface area (Å²) in [6.45, 7) is 3.52. The Morgan fingerprint density at radius 3 is 2.81 bits per heavy atom. The second-order valence-corrected chi connectivity index (χ2v) is 4.42. The number of nitrogens with zero attached hydrogens (tertiary/aromatic N) is 3. The molecule has 0 spiro atoms. The first kappa shape index (κ1) is 11.3. The summed E-state index contributed by atoms with van der Waals surface area (Å²) in [5, 5.41) is 0. The number of hydrogen-bond acceptors (Lipinski definition) is 4. The lowest BCUT2D eigenvalue weighted by Crippen LogP contribution is -2.38. The van der Waals surface area contributed by atoms with E-state index < -0.39 is 0 Å². The number of hydrogen-bond donors (Lipinski definition) is 1. The molecule has 0 atom stereocenters. The van der Waals surface area contributed by atoms with Gasteiger partial charge in [-0.3, -0.25) is 0 Å². The van der Waals surface area contributed by atoms with Gasteiger partial charge >= 0.3 is 0 Å². The smallest absolute Gasteiger partial charge is 0.225 e. The van der Waals surface area contributed by atoms with Crippen LogP contribution in [0.15, 0.2) is 12.3 Å². The van der Waals surface area contributed by atoms with Crippen molar-refractivity contribution in [1.82, 2.24) is 9.97 Å². The van der Waals surface area contributed by atoms with Crippen LogP contribution in [-0.2, 0) is 0 Å². The first-order valence-corrected chi connectivity index (χ1v) is 6.07. The van der Waals surface area contributed by atoms with Crippen molar-refractivity contribution >= 4 is 5.95 Å². The fraction of sp³-hybridized carbons (Fsp3) is 0.667. The molecule has 4 nitrogen and oxygen atoms in total. The Balaban J connectivity index is 2.17. The third-order valence-corrected chi connectivity index (χ3v) is 3.17. The van der Waals surface area contributed by atoms with E-state index >= 15 is 0 Å². The van der Waals surface area contributed by atoms with Gasteiger partial charge in [-0.1, -0.05) is 12.8 Å². The molecule has 2 N–H and O–H groups in total. The minimum atomic E-state index is 0.588. The Morgan fingerprint density at radius 1 is 1.44 bits per heavy atom. The van der Waals surface area contributed by atoms with Crippen molar-refractivity contribution in [2.24, 2.45) is 5.73 Å². The fourth-order valence-electron chi connectivity index (χ4n) is 2.37. The summed E-state index contributed by atoms with van der Waals surface area (Å²) < 4.78 is 0. The second kappa shape index (κ2) is 5.25. The van der Waals surface area contributed by atoms with Gasteiger partial charge in [0.15, 0.2) is 0 Å². The zero-order chi connectivity index (χ0) is 11.4. The molecule has 88 valence electrons. The van der Waals surface area contributed by atoms with Crippen LogP contribution >= 0.6 is 0 Å². The van der Waals surface area contributed by atoms with Crippen molar-refractivity contribution in [3.8, 4) is 0 Å². The minimum absolute atomic E-state index is 0.588. The molecule has 0 aliphatic heterocycles. The van der Waals surface area contributed by atoms with E-state index in [4.69, 9.17) is 5.73 Å². The minimum Gasteiger partial charge on any atom is -0.337 e. The van der Waals surface area contributed by atoms with Gasteiger partial charge in [0.1, 0.15) is 0 Å². The normalized spacial score (nSPS) is 16.6. The van der Waals surface area contributed by atoms with Crippen molar-refractivity contribution in [3.05, 3.63) is 18.0 Å². The highest BCUT2D eigenvalue weighted by Crippen LogP contribution is 2.25. The number of rotatable bonds is 4. The van der Waals surface area contributed by atoms with Crippen LogP contribution in [0.3, 0.4) is 0 Å². The first-order chi connectivity index (χ1) is 7.81. The SMILES string of the molecule is Cc1ccnc(N(CCN)C2CCCC2)n1. The summed E-state index contributed by atoms with van der Waals surface area (Å²) in [5.74, 6) is 0.845. The van der Waals surface area contributed by atoms with E-state index in [1.807, 2.05) is 19.2 Å². The topological polar surface area (TPSA) is 55.0 Å². The van der Waals surface area contributed by atoms with Crippen LogP contribution in [-0.4, -0.2) is 29.1 Å². The van der Waals surface area contributed by atoms with Gasteiger partial charge in [-0.05, 0) is 25.8 Å². The van der Waals surface area contributed by atoms with Crippen LogP contribution < -0.4 is 10.6 Å². The van der Waals surface area contributed by atoms with E-state index in [0.29, 0.717) is 12.6 Å². The molecule has 1 saturated carbocycles. The monoisotopic (exact) mass is 220 g/mol. The van der Waals surface area contributed by atoms with Gasteiger partial charge in [-0.25, -0.2) is 9.97 Å². The molecule has 1 aromatic heterocycles. The van der Waals surface area contributed by atoms with E-state index in [-0.39, 0.29) is 0 Å². The molecule has 4 heteroatoms. The Hall–Kier alpha value is -1.16. The van der Waals surface area contributed by atoms with Crippen molar-refractivity contribution in [2.45, 2.75) is 38.6 Å². The van der Waals surface area contributed by atoms with E-state index in [2.05, 4.69) is 14.9 Å². The predicted octanol–water partition coefficient (Wildman–Crippen LogP) is 1.49. The summed E-state index contributed by atoms with van der Waals surface area (Å²) in [7, 11) is 0. The van der Waals surface area contributed by atoms with Crippen LogP contribution in [0.4, 0.5) is 5.95 Å². The Morgan fingerprint density at radius 2 is 2.19 bits per heavy atom. The quantitative estimate of drug-likeness (QED) is 0.835. The molecule has 1 aliphatic rings. The van der Waals surface area contributed by atoms with E-state index in [1.165, 1.54) is 25.7 Å². The van der Waals surface area contributed by atoms with Gasteiger partial charge in [0.25, 0.3) is 0 Å². The van der Waals surface area contributed by atoms with Crippen LogP contribution in [0.1, 0.15) is 31.4 Å². The van der Waals surface area contributed by atoms with Crippen molar-refractivity contribution < 1.29 is 0 Å². The van der Waals surface area contributed by atoms with E-state index in [0.717, 1.165) is 18.2 Å². The van der Waals surface area contributed by atoms with E-state index in [1.54, 1.807) is 0 Å². The number of anilines is 1. The Labute approximate surface area is 96.9 Å². The molecule has 1 aliphatic carbocycles. The molecule has 0 bridgehead atoms. The van der Waals surface area contributed by atoms with Crippen molar-refractivity contribution in [3.63, 3.8) is 0 Å². The molecule has 16 heavy (non-hydrogen) atoms. The molecule has 0 radical (unpaired) electrons. The number of aromatic nitrogens is 2. The summed E-state index contributed by atoms with van der Waals surface area (Å²) in [5.41, 5.74) is 6.69. The van der Waals surface area contributed by atoms with Crippen molar-refractivity contribution in [2.75, 3.05) is 18.0 Å². The molecule has 1 fully saturated rings. The molecule has 0 amide bonds. The third kappa shape index (κ3) is 2.50. The highest BCUT2D eigenvalue weighted by atomic mass is 15.3. The highest BCUT2D eigenvalue weighted by molar-refractivity contribution is 5.32. The molecule has 1 aromatic rings. The maximum Gasteiger partial charge on any atom is 0.225 e. The largest absolute Gasteiger partial charge is 0.337 e. The van der Waals surface area contributed by atoms with Gasteiger partial charge in [0.2, 0.25) is 5.95 Å². The molecule has 0 aromatic carbocycles. The summed E-state index contributed by atoms with van der Waals surface area (Å²) >= 11 is 0. The molecule has 0 saturated heterocycles. The summed E-state index contributed by atoms with van der Waals surface area (Å²) in [4.78, 5) is 11.1.